The lowest BCUT2D eigenvalue weighted by Gasteiger charge is -2.23. The summed E-state index contributed by atoms with van der Waals surface area (Å²) < 4.78 is 11.3. The largest absolute Gasteiger partial charge is 0.382 e. The van der Waals surface area contributed by atoms with Crippen LogP contribution in [0.15, 0.2) is 24.3 Å². The molecule has 1 aromatic carbocycles. The Morgan fingerprint density at radius 3 is 2.68 bits per heavy atom. The van der Waals surface area contributed by atoms with Crippen LogP contribution in [0, 0.1) is 0 Å². The monoisotopic (exact) mass is 280 g/mol. The fourth-order valence-corrected chi connectivity index (χ4v) is 3.41. The Labute approximate surface area is 116 Å². The van der Waals surface area contributed by atoms with Crippen molar-refractivity contribution in [1.29, 1.82) is 0 Å². The third-order valence-electron chi connectivity index (χ3n) is 3.23. The molecule has 0 radical (unpaired) electrons. The standard InChI is InChI=1S/C14H20N2O2S/c1-2-14(17)16-13-5-3-4-12(10-13)15-11-6-8-19(18)9-7-11/h3-5,10-11,15H,2,6-9H2,1H3,(H,16,17). The highest BCUT2D eigenvalue weighted by Gasteiger charge is 2.17. The van der Waals surface area contributed by atoms with Gasteiger partial charge in [-0.05, 0) is 31.0 Å². The van der Waals surface area contributed by atoms with Gasteiger partial charge in [0.15, 0.2) is 0 Å². The molecule has 0 spiro atoms. The lowest BCUT2D eigenvalue weighted by Crippen LogP contribution is -2.29. The zero-order chi connectivity index (χ0) is 13.7. The molecule has 1 fully saturated rings. The van der Waals surface area contributed by atoms with E-state index in [0.29, 0.717) is 12.5 Å². The Bertz CT molecular complexity index is 466. The molecule has 2 N–H and O–H groups in total. The van der Waals surface area contributed by atoms with E-state index in [0.717, 1.165) is 35.7 Å². The summed E-state index contributed by atoms with van der Waals surface area (Å²) in [6.07, 6.45) is 2.36. The van der Waals surface area contributed by atoms with Gasteiger partial charge >= 0.3 is 0 Å². The summed E-state index contributed by atoms with van der Waals surface area (Å²) in [5.74, 6) is 1.58. The normalized spacial score (nSPS) is 22.8. The molecule has 0 atom stereocenters. The zero-order valence-electron chi connectivity index (χ0n) is 11.1. The van der Waals surface area contributed by atoms with E-state index in [9.17, 15) is 9.00 Å². The van der Waals surface area contributed by atoms with E-state index in [1.54, 1.807) is 0 Å². The summed E-state index contributed by atoms with van der Waals surface area (Å²) >= 11 is 0. The Hall–Kier alpha value is -1.36. The molecule has 19 heavy (non-hydrogen) atoms. The Kier molecular flexibility index (Phi) is 4.96. The Balaban J connectivity index is 1.95. The van der Waals surface area contributed by atoms with Crippen LogP contribution in [0.4, 0.5) is 11.4 Å². The summed E-state index contributed by atoms with van der Waals surface area (Å²) in [6.45, 7) is 1.83. The molecular formula is C14H20N2O2S. The molecule has 4 nitrogen and oxygen atoms in total. The van der Waals surface area contributed by atoms with Gasteiger partial charge in [0.25, 0.3) is 0 Å². The van der Waals surface area contributed by atoms with Gasteiger partial charge in [0.2, 0.25) is 5.91 Å². The number of hydrogen-bond donors (Lipinski definition) is 2. The van der Waals surface area contributed by atoms with Gasteiger partial charge in [-0.2, -0.15) is 0 Å². The molecular weight excluding hydrogens is 260 g/mol. The highest BCUT2D eigenvalue weighted by molar-refractivity contribution is 7.85. The summed E-state index contributed by atoms with van der Waals surface area (Å²) in [4.78, 5) is 11.4. The number of nitrogens with one attached hydrogen (secondary N) is 2. The second kappa shape index (κ2) is 6.70. The van der Waals surface area contributed by atoms with Crippen LogP contribution in [-0.4, -0.2) is 27.7 Å². The van der Waals surface area contributed by atoms with Crippen LogP contribution >= 0.6 is 0 Å². The van der Waals surface area contributed by atoms with E-state index in [1.807, 2.05) is 31.2 Å². The number of carbonyl (C=O) groups excluding carboxylic acids is 1. The first kappa shape index (κ1) is 14.1. The molecule has 1 saturated heterocycles. The predicted octanol–water partition coefficient (Wildman–Crippen LogP) is 2.36. The van der Waals surface area contributed by atoms with Crippen molar-refractivity contribution < 1.29 is 9.00 Å². The topological polar surface area (TPSA) is 58.2 Å². The summed E-state index contributed by atoms with van der Waals surface area (Å²) in [7, 11) is -0.629. The number of benzene rings is 1. The van der Waals surface area contributed by atoms with Gasteiger partial charge < -0.3 is 10.6 Å². The minimum atomic E-state index is -0.629. The van der Waals surface area contributed by atoms with Crippen LogP contribution < -0.4 is 10.6 Å². The molecule has 1 aliphatic heterocycles. The highest BCUT2D eigenvalue weighted by atomic mass is 32.2. The molecule has 1 aromatic rings. The number of amides is 1. The minimum Gasteiger partial charge on any atom is -0.382 e. The average Bonchev–Trinajstić information content (AvgIpc) is 2.42. The van der Waals surface area contributed by atoms with Crippen molar-refractivity contribution in [2.75, 3.05) is 22.1 Å². The van der Waals surface area contributed by atoms with Crippen LogP contribution in [0.2, 0.25) is 0 Å². The van der Waals surface area contributed by atoms with Gasteiger partial charge in [0.1, 0.15) is 0 Å². The predicted molar refractivity (Wildman–Crippen MR) is 79.9 cm³/mol. The van der Waals surface area contributed by atoms with Gasteiger partial charge in [-0.15, -0.1) is 0 Å². The van der Waals surface area contributed by atoms with Gasteiger partial charge in [-0.3, -0.25) is 9.00 Å². The van der Waals surface area contributed by atoms with Gasteiger partial charge in [-0.1, -0.05) is 13.0 Å². The first-order valence-electron chi connectivity index (χ1n) is 6.69. The summed E-state index contributed by atoms with van der Waals surface area (Å²) in [5.41, 5.74) is 1.82. The Morgan fingerprint density at radius 2 is 2.00 bits per heavy atom. The maximum Gasteiger partial charge on any atom is 0.224 e. The maximum absolute atomic E-state index is 11.4. The number of rotatable bonds is 4. The van der Waals surface area contributed by atoms with Gasteiger partial charge in [0.05, 0.1) is 0 Å². The fourth-order valence-electron chi connectivity index (χ4n) is 2.11. The highest BCUT2D eigenvalue weighted by Crippen LogP contribution is 2.19. The smallest absolute Gasteiger partial charge is 0.224 e. The molecule has 1 amide bonds. The molecule has 104 valence electrons. The molecule has 1 heterocycles. The quantitative estimate of drug-likeness (QED) is 0.890. The van der Waals surface area contributed by atoms with E-state index in [4.69, 9.17) is 0 Å². The van der Waals surface area contributed by atoms with E-state index >= 15 is 0 Å². The zero-order valence-corrected chi connectivity index (χ0v) is 12.0. The molecule has 0 bridgehead atoms. The van der Waals surface area contributed by atoms with E-state index in [-0.39, 0.29) is 5.91 Å². The van der Waals surface area contributed by atoms with Crippen molar-refractivity contribution in [2.24, 2.45) is 0 Å². The fraction of sp³-hybridized carbons (Fsp3) is 0.500. The lowest BCUT2D eigenvalue weighted by atomic mass is 10.1. The second-order valence-corrected chi connectivity index (χ2v) is 6.45. The van der Waals surface area contributed by atoms with Crippen molar-refractivity contribution in [2.45, 2.75) is 32.2 Å². The third-order valence-corrected chi connectivity index (χ3v) is 4.61. The maximum atomic E-state index is 11.4. The SMILES string of the molecule is CCC(=O)Nc1cccc(NC2CCS(=O)CC2)c1. The summed E-state index contributed by atoms with van der Waals surface area (Å²) in [6, 6.07) is 8.13. The van der Waals surface area contributed by atoms with E-state index in [1.165, 1.54) is 0 Å². The first-order valence-corrected chi connectivity index (χ1v) is 8.17. The van der Waals surface area contributed by atoms with Gasteiger partial charge in [-0.25, -0.2) is 0 Å². The van der Waals surface area contributed by atoms with Crippen LogP contribution in [0.25, 0.3) is 0 Å². The molecule has 0 aliphatic carbocycles. The van der Waals surface area contributed by atoms with Crippen LogP contribution in [0.1, 0.15) is 26.2 Å². The first-order chi connectivity index (χ1) is 9.17. The van der Waals surface area contributed by atoms with Crippen molar-refractivity contribution in [3.63, 3.8) is 0 Å². The summed E-state index contributed by atoms with van der Waals surface area (Å²) in [5, 5.41) is 6.30. The molecule has 5 heteroatoms. The van der Waals surface area contributed by atoms with E-state index < -0.39 is 10.8 Å². The lowest BCUT2D eigenvalue weighted by molar-refractivity contribution is -0.115. The number of hydrogen-bond acceptors (Lipinski definition) is 3. The molecule has 2 rings (SSSR count). The molecule has 0 unspecified atom stereocenters. The molecule has 0 aromatic heterocycles. The van der Waals surface area contributed by atoms with Crippen molar-refractivity contribution in [1.82, 2.24) is 0 Å². The van der Waals surface area contributed by atoms with Crippen LogP contribution in [0.5, 0.6) is 0 Å². The van der Waals surface area contributed by atoms with Crippen molar-refractivity contribution >= 4 is 28.1 Å². The molecule has 0 saturated carbocycles. The van der Waals surface area contributed by atoms with E-state index in [2.05, 4.69) is 10.6 Å². The van der Waals surface area contributed by atoms with Crippen molar-refractivity contribution in [3.05, 3.63) is 24.3 Å². The minimum absolute atomic E-state index is 0.0187. The number of anilines is 2. The third kappa shape index (κ3) is 4.35. The van der Waals surface area contributed by atoms with Crippen molar-refractivity contribution in [3.8, 4) is 0 Å². The number of carbonyl (C=O) groups is 1. The Morgan fingerprint density at radius 1 is 1.32 bits per heavy atom. The molecule has 1 aliphatic rings. The van der Waals surface area contributed by atoms with Gasteiger partial charge in [0, 0.05) is 46.1 Å². The van der Waals surface area contributed by atoms with Crippen LogP contribution in [0.3, 0.4) is 0 Å². The average molecular weight is 280 g/mol. The van der Waals surface area contributed by atoms with Crippen LogP contribution in [-0.2, 0) is 15.6 Å². The second-order valence-electron chi connectivity index (χ2n) is 4.75.